The second-order valence-electron chi connectivity index (χ2n) is 5.21. The molecule has 0 spiro atoms. The van der Waals surface area contributed by atoms with Crippen LogP contribution in [-0.4, -0.2) is 30.6 Å². The van der Waals surface area contributed by atoms with Crippen LogP contribution in [0.2, 0.25) is 10.0 Å². The lowest BCUT2D eigenvalue weighted by Crippen LogP contribution is -2.44. The number of imide groups is 1. The highest BCUT2D eigenvalue weighted by Gasteiger charge is 2.19. The Kier molecular flexibility index (Phi) is 6.24. The van der Waals surface area contributed by atoms with Gasteiger partial charge in [0.05, 0.1) is 15.6 Å². The zero-order valence-electron chi connectivity index (χ0n) is 12.2. The highest BCUT2D eigenvalue weighted by molar-refractivity contribution is 6.42. The fourth-order valence-electron chi connectivity index (χ4n) is 2.29. The first-order valence-corrected chi connectivity index (χ1v) is 7.94. The molecule has 0 bridgehead atoms. The van der Waals surface area contributed by atoms with Gasteiger partial charge in [0.2, 0.25) is 0 Å². The predicted molar refractivity (Wildman–Crippen MR) is 85.7 cm³/mol. The van der Waals surface area contributed by atoms with Crippen molar-refractivity contribution >= 4 is 41.1 Å². The zero-order chi connectivity index (χ0) is 16.8. The number of hydrogen-bond acceptors (Lipinski definition) is 4. The lowest BCUT2D eigenvalue weighted by Gasteiger charge is -2.12. The summed E-state index contributed by atoms with van der Waals surface area (Å²) in [7, 11) is 0. The maximum absolute atomic E-state index is 11.8. The van der Waals surface area contributed by atoms with Gasteiger partial charge < -0.3 is 10.1 Å². The van der Waals surface area contributed by atoms with Gasteiger partial charge in [-0.2, -0.15) is 0 Å². The second-order valence-corrected chi connectivity index (χ2v) is 6.02. The molecular formula is C15H16Cl2N2O4. The third-order valence-corrected chi connectivity index (χ3v) is 4.17. The number of carbonyl (C=O) groups is 3. The van der Waals surface area contributed by atoms with E-state index in [0.717, 1.165) is 25.7 Å². The molecule has 1 aliphatic carbocycles. The van der Waals surface area contributed by atoms with Crippen LogP contribution in [0.1, 0.15) is 36.0 Å². The molecule has 1 aromatic carbocycles. The van der Waals surface area contributed by atoms with E-state index in [2.05, 4.69) is 10.6 Å². The molecule has 0 saturated heterocycles. The van der Waals surface area contributed by atoms with Crippen LogP contribution in [0.4, 0.5) is 4.79 Å². The molecule has 124 valence electrons. The number of ether oxygens (including phenoxy) is 1. The molecular weight excluding hydrogens is 343 g/mol. The van der Waals surface area contributed by atoms with Crippen molar-refractivity contribution in [1.82, 2.24) is 10.6 Å². The molecule has 0 aliphatic heterocycles. The maximum atomic E-state index is 11.8. The summed E-state index contributed by atoms with van der Waals surface area (Å²) < 4.78 is 4.82. The summed E-state index contributed by atoms with van der Waals surface area (Å²) in [4.78, 5) is 35.0. The molecule has 3 amide bonds. The first-order valence-electron chi connectivity index (χ1n) is 7.18. The van der Waals surface area contributed by atoms with Crippen molar-refractivity contribution in [2.45, 2.75) is 31.7 Å². The summed E-state index contributed by atoms with van der Waals surface area (Å²) in [5, 5.41) is 5.34. The minimum absolute atomic E-state index is 0.0987. The Morgan fingerprint density at radius 2 is 1.83 bits per heavy atom. The van der Waals surface area contributed by atoms with Gasteiger partial charge >= 0.3 is 12.0 Å². The number of benzene rings is 1. The van der Waals surface area contributed by atoms with Crippen molar-refractivity contribution in [2.24, 2.45) is 0 Å². The Balaban J connectivity index is 1.75. The van der Waals surface area contributed by atoms with Gasteiger partial charge in [-0.15, -0.1) is 0 Å². The summed E-state index contributed by atoms with van der Waals surface area (Å²) >= 11 is 11.5. The summed E-state index contributed by atoms with van der Waals surface area (Å²) in [5.74, 6) is -1.43. The molecule has 1 saturated carbocycles. The molecule has 0 heterocycles. The van der Waals surface area contributed by atoms with Crippen molar-refractivity contribution in [3.8, 4) is 0 Å². The normalized spacial score (nSPS) is 14.3. The summed E-state index contributed by atoms with van der Waals surface area (Å²) in [6, 6.07) is 3.75. The van der Waals surface area contributed by atoms with E-state index >= 15 is 0 Å². The zero-order valence-corrected chi connectivity index (χ0v) is 13.7. The maximum Gasteiger partial charge on any atom is 0.338 e. The molecule has 0 radical (unpaired) electrons. The number of esters is 1. The van der Waals surface area contributed by atoms with Crippen LogP contribution in [0.3, 0.4) is 0 Å². The molecule has 1 aliphatic rings. The summed E-state index contributed by atoms with van der Waals surface area (Å²) in [5.41, 5.74) is 0.169. The Morgan fingerprint density at radius 1 is 1.13 bits per heavy atom. The lowest BCUT2D eigenvalue weighted by molar-refractivity contribution is -0.123. The van der Waals surface area contributed by atoms with Crippen LogP contribution in [0.25, 0.3) is 0 Å². The largest absolute Gasteiger partial charge is 0.452 e. The van der Waals surface area contributed by atoms with E-state index in [1.807, 2.05) is 0 Å². The van der Waals surface area contributed by atoms with Crippen molar-refractivity contribution in [1.29, 1.82) is 0 Å². The van der Waals surface area contributed by atoms with Crippen molar-refractivity contribution in [3.63, 3.8) is 0 Å². The van der Waals surface area contributed by atoms with Crippen LogP contribution >= 0.6 is 23.2 Å². The quantitative estimate of drug-likeness (QED) is 0.810. The molecule has 0 aromatic heterocycles. The fraction of sp³-hybridized carbons (Fsp3) is 0.400. The van der Waals surface area contributed by atoms with Crippen LogP contribution in [0, 0.1) is 0 Å². The number of urea groups is 1. The van der Waals surface area contributed by atoms with Gasteiger partial charge in [-0.1, -0.05) is 36.0 Å². The lowest BCUT2D eigenvalue weighted by atomic mass is 10.2. The topological polar surface area (TPSA) is 84.5 Å². The summed E-state index contributed by atoms with van der Waals surface area (Å²) in [6.45, 7) is -0.558. The monoisotopic (exact) mass is 358 g/mol. The second kappa shape index (κ2) is 8.17. The number of nitrogens with one attached hydrogen (secondary N) is 2. The van der Waals surface area contributed by atoms with E-state index in [4.69, 9.17) is 27.9 Å². The van der Waals surface area contributed by atoms with Gasteiger partial charge in [-0.25, -0.2) is 9.59 Å². The number of amides is 3. The predicted octanol–water partition coefficient (Wildman–Crippen LogP) is 2.92. The Hall–Kier alpha value is -1.79. The summed E-state index contributed by atoms with van der Waals surface area (Å²) in [6.07, 6.45) is 3.96. The van der Waals surface area contributed by atoms with Gasteiger partial charge in [0.15, 0.2) is 6.61 Å². The van der Waals surface area contributed by atoms with Gasteiger partial charge in [-0.3, -0.25) is 10.1 Å². The van der Waals surface area contributed by atoms with Gasteiger partial charge in [0.1, 0.15) is 0 Å². The Morgan fingerprint density at radius 3 is 2.48 bits per heavy atom. The first kappa shape index (κ1) is 17.6. The van der Waals surface area contributed by atoms with Crippen LogP contribution in [-0.2, 0) is 9.53 Å². The minimum Gasteiger partial charge on any atom is -0.452 e. The average molecular weight is 359 g/mol. The van der Waals surface area contributed by atoms with Crippen molar-refractivity contribution < 1.29 is 19.1 Å². The van der Waals surface area contributed by atoms with E-state index in [-0.39, 0.29) is 16.6 Å². The van der Waals surface area contributed by atoms with Gasteiger partial charge in [0.25, 0.3) is 5.91 Å². The van der Waals surface area contributed by atoms with Crippen molar-refractivity contribution in [2.75, 3.05) is 6.61 Å². The number of carbonyl (C=O) groups excluding carboxylic acids is 3. The molecule has 1 fully saturated rings. The minimum atomic E-state index is -0.727. The molecule has 1 aromatic rings. The molecule has 6 nitrogen and oxygen atoms in total. The molecule has 0 unspecified atom stereocenters. The number of rotatable bonds is 4. The number of halogens is 2. The SMILES string of the molecule is O=C(COC(=O)c1ccc(Cl)c(Cl)c1)NC(=O)NC1CCCC1. The fourth-order valence-corrected chi connectivity index (χ4v) is 2.59. The smallest absolute Gasteiger partial charge is 0.338 e. The van der Waals surface area contributed by atoms with Crippen LogP contribution in [0.15, 0.2) is 18.2 Å². The average Bonchev–Trinajstić information content (AvgIpc) is 3.00. The Labute approximate surface area is 143 Å². The molecule has 8 heteroatoms. The molecule has 2 rings (SSSR count). The standard InChI is InChI=1S/C15H16Cl2N2O4/c16-11-6-5-9(7-12(11)17)14(21)23-8-13(20)19-15(22)18-10-3-1-2-4-10/h5-7,10H,1-4,8H2,(H2,18,19,20,22). The van der Waals surface area contributed by atoms with Crippen molar-refractivity contribution in [3.05, 3.63) is 33.8 Å². The van der Waals surface area contributed by atoms with E-state index in [9.17, 15) is 14.4 Å². The van der Waals surface area contributed by atoms with Gasteiger partial charge in [-0.05, 0) is 31.0 Å². The van der Waals surface area contributed by atoms with E-state index in [1.54, 1.807) is 0 Å². The van der Waals surface area contributed by atoms with E-state index in [0.29, 0.717) is 5.02 Å². The van der Waals surface area contributed by atoms with E-state index < -0.39 is 24.5 Å². The van der Waals surface area contributed by atoms with E-state index in [1.165, 1.54) is 18.2 Å². The highest BCUT2D eigenvalue weighted by Crippen LogP contribution is 2.22. The van der Waals surface area contributed by atoms with Crippen LogP contribution < -0.4 is 10.6 Å². The molecule has 0 atom stereocenters. The third-order valence-electron chi connectivity index (χ3n) is 3.43. The first-order chi connectivity index (χ1) is 11.0. The van der Waals surface area contributed by atoms with Gasteiger partial charge in [0, 0.05) is 6.04 Å². The molecule has 2 N–H and O–H groups in total. The highest BCUT2D eigenvalue weighted by atomic mass is 35.5. The third kappa shape index (κ3) is 5.41. The number of hydrogen-bond donors (Lipinski definition) is 2. The Bertz CT molecular complexity index is 615. The molecule has 23 heavy (non-hydrogen) atoms. The van der Waals surface area contributed by atoms with Crippen LogP contribution in [0.5, 0.6) is 0 Å².